The normalized spacial score (nSPS) is 13.1. The molecule has 0 aromatic heterocycles. The van der Waals surface area contributed by atoms with Gasteiger partial charge in [0.25, 0.3) is 0 Å². The van der Waals surface area contributed by atoms with E-state index in [0.29, 0.717) is 6.42 Å². The molecule has 2 atom stereocenters. The lowest BCUT2D eigenvalue weighted by Crippen LogP contribution is -2.43. The summed E-state index contributed by atoms with van der Waals surface area (Å²) in [5.41, 5.74) is 0. The first-order chi connectivity index (χ1) is 12.4. The van der Waals surface area contributed by atoms with E-state index < -0.39 is 18.1 Å². The molecular weight excluding hydrogens is 330 g/mol. The zero-order valence-electron chi connectivity index (χ0n) is 17.2. The van der Waals surface area contributed by atoms with Crippen molar-refractivity contribution >= 4 is 12.1 Å². The zero-order chi connectivity index (χ0) is 19.8. The van der Waals surface area contributed by atoms with Gasteiger partial charge in [-0.3, -0.25) is 0 Å². The maximum absolute atomic E-state index is 12.3. The van der Waals surface area contributed by atoms with Crippen LogP contribution in [0.5, 0.6) is 0 Å². The standard InChI is InChI=1S/C21H39NO4/c1-6-8-10-11-13-15-18(14-12-9-7-2)26-21(24)22-19(16-17(3)4)20(23)25-5/h7,17-19H,2,6,8-16H2,1,3-5H3,(H,22,24)/t18?,19-/m0/s1. The van der Waals surface area contributed by atoms with Crippen molar-refractivity contribution in [2.75, 3.05) is 7.11 Å². The van der Waals surface area contributed by atoms with E-state index in [-0.39, 0.29) is 12.0 Å². The molecule has 0 fully saturated rings. The summed E-state index contributed by atoms with van der Waals surface area (Å²) in [5, 5.41) is 2.67. The minimum Gasteiger partial charge on any atom is -0.467 e. The van der Waals surface area contributed by atoms with Crippen molar-refractivity contribution in [3.05, 3.63) is 12.7 Å². The Balaban J connectivity index is 4.54. The molecule has 5 nitrogen and oxygen atoms in total. The van der Waals surface area contributed by atoms with E-state index in [0.717, 1.165) is 38.5 Å². The van der Waals surface area contributed by atoms with E-state index in [1.165, 1.54) is 26.4 Å². The summed E-state index contributed by atoms with van der Waals surface area (Å²) in [6.07, 6.45) is 11.2. The van der Waals surface area contributed by atoms with Crippen LogP contribution in [-0.4, -0.2) is 31.3 Å². The Morgan fingerprint density at radius 3 is 2.31 bits per heavy atom. The van der Waals surface area contributed by atoms with E-state index in [1.54, 1.807) is 0 Å². The maximum atomic E-state index is 12.3. The number of allylic oxidation sites excluding steroid dienone is 1. The molecular formula is C21H39NO4. The Labute approximate surface area is 159 Å². The van der Waals surface area contributed by atoms with Crippen LogP contribution in [0, 0.1) is 5.92 Å². The van der Waals surface area contributed by atoms with Crippen LogP contribution in [0.1, 0.15) is 85.0 Å². The fraction of sp³-hybridized carbons (Fsp3) is 0.810. The Kier molecular flexibility index (Phi) is 14.8. The van der Waals surface area contributed by atoms with Gasteiger partial charge < -0.3 is 14.8 Å². The molecule has 1 unspecified atom stereocenters. The summed E-state index contributed by atoms with van der Waals surface area (Å²) in [6.45, 7) is 9.93. The third-order valence-corrected chi connectivity index (χ3v) is 4.32. The molecule has 1 N–H and O–H groups in total. The van der Waals surface area contributed by atoms with E-state index in [9.17, 15) is 9.59 Å². The highest BCUT2D eigenvalue weighted by atomic mass is 16.6. The third-order valence-electron chi connectivity index (χ3n) is 4.32. The number of carbonyl (C=O) groups is 2. The number of unbranched alkanes of at least 4 members (excludes halogenated alkanes) is 5. The lowest BCUT2D eigenvalue weighted by atomic mass is 10.0. The van der Waals surface area contributed by atoms with Gasteiger partial charge in [0.15, 0.2) is 0 Å². The number of hydrogen-bond acceptors (Lipinski definition) is 4. The number of rotatable bonds is 15. The highest BCUT2D eigenvalue weighted by Crippen LogP contribution is 2.16. The third kappa shape index (κ3) is 12.8. The molecule has 0 saturated heterocycles. The molecule has 0 heterocycles. The molecule has 0 radical (unpaired) electrons. The van der Waals surface area contributed by atoms with Gasteiger partial charge in [-0.1, -0.05) is 52.5 Å². The first kappa shape index (κ1) is 24.5. The number of esters is 1. The number of carbonyl (C=O) groups excluding carboxylic acids is 2. The summed E-state index contributed by atoms with van der Waals surface area (Å²) in [6, 6.07) is -0.661. The van der Waals surface area contributed by atoms with Gasteiger partial charge in [0.2, 0.25) is 0 Å². The summed E-state index contributed by atoms with van der Waals surface area (Å²) >= 11 is 0. The Hall–Kier alpha value is -1.52. The molecule has 26 heavy (non-hydrogen) atoms. The molecule has 5 heteroatoms. The smallest absolute Gasteiger partial charge is 0.408 e. The Morgan fingerprint density at radius 2 is 1.73 bits per heavy atom. The molecule has 152 valence electrons. The molecule has 0 saturated carbocycles. The predicted molar refractivity (Wildman–Crippen MR) is 106 cm³/mol. The van der Waals surface area contributed by atoms with Gasteiger partial charge in [0.1, 0.15) is 12.1 Å². The summed E-state index contributed by atoms with van der Waals surface area (Å²) in [4.78, 5) is 24.1. The van der Waals surface area contributed by atoms with E-state index in [4.69, 9.17) is 9.47 Å². The number of methoxy groups -OCH3 is 1. The van der Waals surface area contributed by atoms with Gasteiger partial charge in [-0.05, 0) is 44.4 Å². The second-order valence-corrected chi connectivity index (χ2v) is 7.30. The summed E-state index contributed by atoms with van der Waals surface area (Å²) in [7, 11) is 1.33. The largest absolute Gasteiger partial charge is 0.467 e. The van der Waals surface area contributed by atoms with Gasteiger partial charge in [-0.15, -0.1) is 6.58 Å². The molecule has 0 spiro atoms. The van der Waals surface area contributed by atoms with Crippen molar-refractivity contribution in [3.63, 3.8) is 0 Å². The first-order valence-electron chi connectivity index (χ1n) is 10.1. The van der Waals surface area contributed by atoms with Crippen LogP contribution < -0.4 is 5.32 Å². The monoisotopic (exact) mass is 369 g/mol. The Morgan fingerprint density at radius 1 is 1.08 bits per heavy atom. The molecule has 0 aliphatic carbocycles. The van der Waals surface area contributed by atoms with Crippen LogP contribution in [0.15, 0.2) is 12.7 Å². The van der Waals surface area contributed by atoms with Crippen molar-refractivity contribution in [2.45, 2.75) is 97.1 Å². The zero-order valence-corrected chi connectivity index (χ0v) is 17.2. The van der Waals surface area contributed by atoms with Crippen molar-refractivity contribution in [2.24, 2.45) is 5.92 Å². The van der Waals surface area contributed by atoms with E-state index in [1.807, 2.05) is 19.9 Å². The molecule has 1 amide bonds. The van der Waals surface area contributed by atoms with Gasteiger partial charge in [-0.2, -0.15) is 0 Å². The van der Waals surface area contributed by atoms with Gasteiger partial charge in [0, 0.05) is 0 Å². The molecule has 0 aromatic rings. The fourth-order valence-corrected chi connectivity index (χ4v) is 2.88. The number of ether oxygens (including phenoxy) is 2. The SMILES string of the molecule is C=CCCCC(CCCCCCC)OC(=O)N[C@@H](CC(C)C)C(=O)OC. The second-order valence-electron chi connectivity index (χ2n) is 7.30. The van der Waals surface area contributed by atoms with Gasteiger partial charge in [0.05, 0.1) is 7.11 Å². The van der Waals surface area contributed by atoms with Crippen molar-refractivity contribution in [1.29, 1.82) is 0 Å². The molecule has 0 rings (SSSR count). The van der Waals surface area contributed by atoms with Gasteiger partial charge in [-0.25, -0.2) is 9.59 Å². The quantitative estimate of drug-likeness (QED) is 0.239. The molecule has 0 aliphatic heterocycles. The van der Waals surface area contributed by atoms with Crippen LogP contribution in [0.25, 0.3) is 0 Å². The van der Waals surface area contributed by atoms with Gasteiger partial charge >= 0.3 is 12.1 Å². The highest BCUT2D eigenvalue weighted by Gasteiger charge is 2.24. The van der Waals surface area contributed by atoms with Crippen molar-refractivity contribution < 1.29 is 19.1 Å². The topological polar surface area (TPSA) is 64.6 Å². The number of alkyl carbamates (subject to hydrolysis) is 1. The molecule has 0 aliphatic rings. The van der Waals surface area contributed by atoms with E-state index >= 15 is 0 Å². The highest BCUT2D eigenvalue weighted by molar-refractivity contribution is 5.81. The number of amides is 1. The second kappa shape index (κ2) is 15.7. The number of nitrogens with one attached hydrogen (secondary N) is 1. The average Bonchev–Trinajstić information content (AvgIpc) is 2.59. The lowest BCUT2D eigenvalue weighted by molar-refractivity contribution is -0.143. The molecule has 0 aromatic carbocycles. The number of hydrogen-bond donors (Lipinski definition) is 1. The Bertz CT molecular complexity index is 395. The minimum absolute atomic E-state index is 0.117. The summed E-state index contributed by atoms with van der Waals surface area (Å²) < 4.78 is 10.4. The van der Waals surface area contributed by atoms with Crippen molar-refractivity contribution in [3.8, 4) is 0 Å². The van der Waals surface area contributed by atoms with Crippen LogP contribution >= 0.6 is 0 Å². The molecule has 0 bridgehead atoms. The fourth-order valence-electron chi connectivity index (χ4n) is 2.88. The van der Waals surface area contributed by atoms with Crippen LogP contribution in [0.3, 0.4) is 0 Å². The predicted octanol–water partition coefficient (Wildman–Crippen LogP) is 5.39. The van der Waals surface area contributed by atoms with Crippen molar-refractivity contribution in [1.82, 2.24) is 5.32 Å². The van der Waals surface area contributed by atoms with Crippen LogP contribution in [0.4, 0.5) is 4.79 Å². The average molecular weight is 370 g/mol. The lowest BCUT2D eigenvalue weighted by Gasteiger charge is -2.22. The summed E-state index contributed by atoms with van der Waals surface area (Å²) in [5.74, 6) is -0.167. The van der Waals surface area contributed by atoms with Crippen LogP contribution in [0.2, 0.25) is 0 Å². The maximum Gasteiger partial charge on any atom is 0.408 e. The van der Waals surface area contributed by atoms with Crippen LogP contribution in [-0.2, 0) is 14.3 Å². The van der Waals surface area contributed by atoms with E-state index in [2.05, 4.69) is 18.8 Å². The first-order valence-corrected chi connectivity index (χ1v) is 10.1. The minimum atomic E-state index is -0.661.